The molecule has 2 aromatic carbocycles. The molecular formula is C28H36N2O5. The van der Waals surface area contributed by atoms with Crippen molar-refractivity contribution >= 4 is 18.0 Å². The maximum atomic E-state index is 13.4. The van der Waals surface area contributed by atoms with Crippen molar-refractivity contribution in [3.63, 3.8) is 0 Å². The summed E-state index contributed by atoms with van der Waals surface area (Å²) in [4.78, 5) is 37.6. The summed E-state index contributed by atoms with van der Waals surface area (Å²) in [7, 11) is 0. The van der Waals surface area contributed by atoms with Crippen LogP contribution in [0.2, 0.25) is 0 Å². The van der Waals surface area contributed by atoms with Crippen LogP contribution in [0.25, 0.3) is 0 Å². The van der Waals surface area contributed by atoms with Crippen LogP contribution in [0.3, 0.4) is 0 Å². The number of rotatable bonds is 7. The zero-order valence-corrected chi connectivity index (χ0v) is 21.1. The molecule has 1 saturated carbocycles. The van der Waals surface area contributed by atoms with E-state index in [0.29, 0.717) is 5.92 Å². The fourth-order valence-electron chi connectivity index (χ4n) is 4.52. The fourth-order valence-corrected chi connectivity index (χ4v) is 4.52. The van der Waals surface area contributed by atoms with Crippen LogP contribution < -0.4 is 10.6 Å². The number of ether oxygens (including phenoxy) is 1. The Morgan fingerprint density at radius 2 is 1.43 bits per heavy atom. The number of hydrogen-bond donors (Lipinski definition) is 3. The van der Waals surface area contributed by atoms with E-state index in [1.807, 2.05) is 42.5 Å². The maximum Gasteiger partial charge on any atom is 0.407 e. The molecule has 0 bridgehead atoms. The topological polar surface area (TPSA) is 105 Å². The molecule has 1 aliphatic carbocycles. The lowest BCUT2D eigenvalue weighted by atomic mass is 9.92. The first-order chi connectivity index (χ1) is 16.4. The van der Waals surface area contributed by atoms with Gasteiger partial charge in [0.1, 0.15) is 5.60 Å². The minimum Gasteiger partial charge on any atom is -0.481 e. The number of amides is 2. The van der Waals surface area contributed by atoms with E-state index in [1.54, 1.807) is 20.8 Å². The summed E-state index contributed by atoms with van der Waals surface area (Å²) in [5, 5.41) is 15.6. The molecule has 0 heterocycles. The Bertz CT molecular complexity index is 1030. The van der Waals surface area contributed by atoms with Crippen LogP contribution in [0.15, 0.2) is 54.6 Å². The third kappa shape index (κ3) is 7.07. The van der Waals surface area contributed by atoms with Crippen LogP contribution in [0, 0.1) is 11.8 Å². The average Bonchev–Trinajstić information content (AvgIpc) is 3.21. The number of nitrogens with one attached hydrogen (secondary N) is 2. The van der Waals surface area contributed by atoms with Gasteiger partial charge >= 0.3 is 12.1 Å². The van der Waals surface area contributed by atoms with Crippen LogP contribution in [-0.4, -0.2) is 34.7 Å². The Hall–Kier alpha value is -3.35. The van der Waals surface area contributed by atoms with Crippen molar-refractivity contribution in [2.24, 2.45) is 11.8 Å². The number of alkyl carbamates (subject to hydrolysis) is 1. The van der Waals surface area contributed by atoms with Crippen molar-refractivity contribution in [3.8, 4) is 0 Å². The molecule has 35 heavy (non-hydrogen) atoms. The minimum absolute atomic E-state index is 0.172. The third-order valence-corrected chi connectivity index (χ3v) is 6.29. The first kappa shape index (κ1) is 26.3. The Morgan fingerprint density at radius 1 is 0.886 bits per heavy atom. The Morgan fingerprint density at radius 3 is 1.97 bits per heavy atom. The Kier molecular flexibility index (Phi) is 8.20. The predicted molar refractivity (Wildman–Crippen MR) is 134 cm³/mol. The summed E-state index contributed by atoms with van der Waals surface area (Å²) in [5.41, 5.74) is 2.36. The predicted octanol–water partition coefficient (Wildman–Crippen LogP) is 5.02. The quantitative estimate of drug-likeness (QED) is 0.516. The molecule has 7 nitrogen and oxygen atoms in total. The standard InChI is InChI=1S/C28H36N2O5/c1-17(2)18-11-13-20(14-12-18)24(19-9-7-6-8-10-19)30-25(31)22-15-21(16-23(22)26(32)33)29-27(34)35-28(3,4)5/h6-14,17,21-24H,15-16H2,1-5H3,(H,29,34)(H,30,31)(H,32,33). The van der Waals surface area contributed by atoms with Gasteiger partial charge in [-0.25, -0.2) is 4.79 Å². The lowest BCUT2D eigenvalue weighted by molar-refractivity contribution is -0.146. The summed E-state index contributed by atoms with van der Waals surface area (Å²) in [6.07, 6.45) is -0.207. The molecule has 4 unspecified atom stereocenters. The molecule has 2 aromatic rings. The van der Waals surface area contributed by atoms with E-state index in [4.69, 9.17) is 4.74 Å². The normalized spacial score (nSPS) is 20.8. The second-order valence-electron chi connectivity index (χ2n) is 10.5. The van der Waals surface area contributed by atoms with E-state index in [9.17, 15) is 19.5 Å². The first-order valence-electron chi connectivity index (χ1n) is 12.1. The smallest absolute Gasteiger partial charge is 0.407 e. The number of aliphatic carboxylic acids is 1. The van der Waals surface area contributed by atoms with E-state index in [2.05, 4.69) is 36.6 Å². The number of carbonyl (C=O) groups is 3. The number of carbonyl (C=O) groups excluding carboxylic acids is 2. The number of benzene rings is 2. The van der Waals surface area contributed by atoms with Gasteiger partial charge in [-0.2, -0.15) is 0 Å². The summed E-state index contributed by atoms with van der Waals surface area (Å²) in [5.74, 6) is -2.66. The lowest BCUT2D eigenvalue weighted by Gasteiger charge is -2.24. The van der Waals surface area contributed by atoms with Gasteiger partial charge in [0.2, 0.25) is 5.91 Å². The van der Waals surface area contributed by atoms with E-state index in [0.717, 1.165) is 11.1 Å². The van der Waals surface area contributed by atoms with Crippen LogP contribution in [0.1, 0.15) is 76.1 Å². The molecular weight excluding hydrogens is 444 g/mol. The van der Waals surface area contributed by atoms with Gasteiger partial charge < -0.3 is 20.5 Å². The highest BCUT2D eigenvalue weighted by molar-refractivity contribution is 5.86. The molecule has 0 aromatic heterocycles. The number of hydrogen-bond acceptors (Lipinski definition) is 4. The van der Waals surface area contributed by atoms with Gasteiger partial charge in [0.25, 0.3) is 0 Å². The zero-order valence-electron chi connectivity index (χ0n) is 21.1. The highest BCUT2D eigenvalue weighted by atomic mass is 16.6. The van der Waals surface area contributed by atoms with Crippen LogP contribution in [-0.2, 0) is 14.3 Å². The molecule has 1 fully saturated rings. The molecule has 1 aliphatic rings. The van der Waals surface area contributed by atoms with Gasteiger partial charge in [-0.15, -0.1) is 0 Å². The van der Waals surface area contributed by atoms with E-state index in [-0.39, 0.29) is 18.7 Å². The zero-order chi connectivity index (χ0) is 25.8. The van der Waals surface area contributed by atoms with Gasteiger partial charge in [-0.1, -0.05) is 68.4 Å². The van der Waals surface area contributed by atoms with Gasteiger partial charge in [0, 0.05) is 6.04 Å². The van der Waals surface area contributed by atoms with E-state index in [1.165, 1.54) is 5.56 Å². The highest BCUT2D eigenvalue weighted by Crippen LogP contribution is 2.34. The van der Waals surface area contributed by atoms with Gasteiger partial charge in [-0.05, 0) is 56.2 Å². The SMILES string of the molecule is CC(C)c1ccc(C(NC(=O)C2CC(NC(=O)OC(C)(C)C)CC2C(=O)O)c2ccccc2)cc1. The molecule has 7 heteroatoms. The van der Waals surface area contributed by atoms with Crippen LogP contribution in [0.5, 0.6) is 0 Å². The summed E-state index contributed by atoms with van der Waals surface area (Å²) in [6, 6.07) is 16.9. The molecule has 0 radical (unpaired) electrons. The molecule has 188 valence electrons. The van der Waals surface area contributed by atoms with E-state index >= 15 is 0 Å². The third-order valence-electron chi connectivity index (χ3n) is 6.29. The Balaban J connectivity index is 1.80. The first-order valence-corrected chi connectivity index (χ1v) is 12.1. The lowest BCUT2D eigenvalue weighted by Crippen LogP contribution is -2.39. The monoisotopic (exact) mass is 480 g/mol. The second kappa shape index (κ2) is 10.9. The summed E-state index contributed by atoms with van der Waals surface area (Å²) >= 11 is 0. The molecule has 4 atom stereocenters. The van der Waals surface area contributed by atoms with Crippen molar-refractivity contribution in [1.82, 2.24) is 10.6 Å². The van der Waals surface area contributed by atoms with Crippen LogP contribution >= 0.6 is 0 Å². The van der Waals surface area contributed by atoms with Crippen molar-refractivity contribution < 1.29 is 24.2 Å². The summed E-state index contributed by atoms with van der Waals surface area (Å²) in [6.45, 7) is 9.53. The maximum absolute atomic E-state index is 13.4. The average molecular weight is 481 g/mol. The van der Waals surface area contributed by atoms with Crippen molar-refractivity contribution in [2.75, 3.05) is 0 Å². The second-order valence-corrected chi connectivity index (χ2v) is 10.5. The van der Waals surface area contributed by atoms with Gasteiger partial charge in [-0.3, -0.25) is 9.59 Å². The molecule has 0 spiro atoms. The minimum atomic E-state index is -1.05. The molecule has 3 rings (SSSR count). The molecule has 0 aliphatic heterocycles. The van der Waals surface area contributed by atoms with Crippen molar-refractivity contribution in [2.45, 2.75) is 71.1 Å². The molecule has 3 N–H and O–H groups in total. The Labute approximate surface area is 207 Å². The molecule has 2 amide bonds. The van der Waals surface area contributed by atoms with Crippen molar-refractivity contribution in [1.29, 1.82) is 0 Å². The largest absolute Gasteiger partial charge is 0.481 e. The number of carboxylic acids is 1. The number of carboxylic acid groups (broad SMARTS) is 1. The van der Waals surface area contributed by atoms with E-state index < -0.39 is 41.6 Å². The van der Waals surface area contributed by atoms with Crippen LogP contribution in [0.4, 0.5) is 4.79 Å². The molecule has 0 saturated heterocycles. The summed E-state index contributed by atoms with van der Waals surface area (Å²) < 4.78 is 5.30. The highest BCUT2D eigenvalue weighted by Gasteiger charge is 2.44. The van der Waals surface area contributed by atoms with Crippen molar-refractivity contribution in [3.05, 3.63) is 71.3 Å². The van der Waals surface area contributed by atoms with Gasteiger partial charge in [0.15, 0.2) is 0 Å². The fraction of sp³-hybridized carbons (Fsp3) is 0.464. The van der Waals surface area contributed by atoms with Gasteiger partial charge in [0.05, 0.1) is 17.9 Å².